The van der Waals surface area contributed by atoms with Gasteiger partial charge in [-0.25, -0.2) is 13.2 Å². The summed E-state index contributed by atoms with van der Waals surface area (Å²) < 4.78 is 22.8. The number of carbonyl (C=O) groups is 2. The lowest BCUT2D eigenvalue weighted by Gasteiger charge is -2.16. The van der Waals surface area contributed by atoms with Crippen LogP contribution < -0.4 is 5.32 Å². The average molecular weight is 252 g/mol. The number of nitrogens with zero attached hydrogens (tertiary/aromatic N) is 1. The fraction of sp³-hybridized carbons (Fsp3) is 0.750. The Morgan fingerprint density at radius 1 is 1.44 bits per heavy atom. The van der Waals surface area contributed by atoms with E-state index in [1.165, 1.54) is 7.05 Å². The van der Waals surface area contributed by atoms with Crippen LogP contribution in [0.1, 0.15) is 13.3 Å². The molecule has 0 fully saturated rings. The van der Waals surface area contributed by atoms with Crippen molar-refractivity contribution in [1.82, 2.24) is 9.62 Å². The van der Waals surface area contributed by atoms with E-state index in [0.717, 1.165) is 10.6 Å². The molecule has 0 saturated heterocycles. The van der Waals surface area contributed by atoms with Crippen molar-refractivity contribution in [2.45, 2.75) is 19.4 Å². The number of carboxylic acid groups (broad SMARTS) is 1. The van der Waals surface area contributed by atoms with Crippen LogP contribution in [0, 0.1) is 0 Å². The Labute approximate surface area is 94.5 Å². The van der Waals surface area contributed by atoms with E-state index in [1.54, 1.807) is 6.92 Å². The second-order valence-electron chi connectivity index (χ2n) is 3.39. The molecule has 0 bridgehead atoms. The van der Waals surface area contributed by atoms with Gasteiger partial charge in [0.15, 0.2) is 0 Å². The van der Waals surface area contributed by atoms with Gasteiger partial charge in [0.05, 0.1) is 12.8 Å². The van der Waals surface area contributed by atoms with Crippen LogP contribution in [-0.2, 0) is 19.6 Å². The summed E-state index contributed by atoms with van der Waals surface area (Å²) in [6.07, 6.45) is 1.21. The molecule has 1 atom stereocenters. The summed E-state index contributed by atoms with van der Waals surface area (Å²) in [7, 11) is -2.19. The number of nitrogens with one attached hydrogen (secondary N) is 1. The summed E-state index contributed by atoms with van der Waals surface area (Å²) in [6, 6.07) is -0.986. The first kappa shape index (κ1) is 14.8. The molecule has 0 aliphatic carbocycles. The van der Waals surface area contributed by atoms with E-state index in [2.05, 4.69) is 5.32 Å². The zero-order valence-corrected chi connectivity index (χ0v) is 10.2. The first-order valence-corrected chi connectivity index (χ1v) is 6.46. The number of aliphatic carboxylic acids is 1. The molecule has 8 heteroatoms. The minimum absolute atomic E-state index is 0.240. The molecule has 0 saturated carbocycles. The molecule has 0 aromatic carbocycles. The van der Waals surface area contributed by atoms with Gasteiger partial charge in [-0.2, -0.15) is 4.31 Å². The molecule has 0 rings (SSSR count). The minimum atomic E-state index is -3.44. The van der Waals surface area contributed by atoms with Gasteiger partial charge in [-0.1, -0.05) is 6.92 Å². The molecule has 0 aliphatic heterocycles. The monoisotopic (exact) mass is 252 g/mol. The number of carboxylic acids is 1. The maximum absolute atomic E-state index is 11.3. The van der Waals surface area contributed by atoms with Crippen LogP contribution in [0.25, 0.3) is 0 Å². The van der Waals surface area contributed by atoms with Gasteiger partial charge >= 0.3 is 5.97 Å². The third-order valence-electron chi connectivity index (χ3n) is 1.97. The average Bonchev–Trinajstić information content (AvgIpc) is 2.11. The number of sulfonamides is 1. The Morgan fingerprint density at radius 3 is 2.25 bits per heavy atom. The predicted molar refractivity (Wildman–Crippen MR) is 57.3 cm³/mol. The lowest BCUT2D eigenvalue weighted by Crippen LogP contribution is -2.45. The third-order valence-corrected chi connectivity index (χ3v) is 3.24. The van der Waals surface area contributed by atoms with E-state index < -0.39 is 27.9 Å². The SMILES string of the molecule is CCC(NC(=O)CN(C)S(C)(=O)=O)C(=O)O. The highest BCUT2D eigenvalue weighted by molar-refractivity contribution is 7.88. The number of rotatable bonds is 6. The Balaban J connectivity index is 4.34. The lowest BCUT2D eigenvalue weighted by molar-refractivity contribution is -0.141. The molecule has 7 nitrogen and oxygen atoms in total. The second kappa shape index (κ2) is 5.80. The van der Waals surface area contributed by atoms with Crippen molar-refractivity contribution in [3.05, 3.63) is 0 Å². The third kappa shape index (κ3) is 5.08. The summed E-state index contributed by atoms with van der Waals surface area (Å²) in [5.41, 5.74) is 0. The Bertz CT molecular complexity index is 365. The molecule has 0 radical (unpaired) electrons. The Kier molecular flexibility index (Phi) is 5.39. The smallest absolute Gasteiger partial charge is 0.326 e. The maximum atomic E-state index is 11.3. The van der Waals surface area contributed by atoms with Crippen molar-refractivity contribution in [1.29, 1.82) is 0 Å². The summed E-state index contributed by atoms with van der Waals surface area (Å²) in [4.78, 5) is 21.9. The Hall–Kier alpha value is -1.15. The van der Waals surface area contributed by atoms with Crippen LogP contribution in [-0.4, -0.2) is 55.6 Å². The molecule has 2 N–H and O–H groups in total. The van der Waals surface area contributed by atoms with E-state index in [4.69, 9.17) is 5.11 Å². The highest BCUT2D eigenvalue weighted by atomic mass is 32.2. The van der Waals surface area contributed by atoms with Crippen molar-refractivity contribution >= 4 is 21.9 Å². The van der Waals surface area contributed by atoms with Gasteiger partial charge in [0, 0.05) is 7.05 Å². The van der Waals surface area contributed by atoms with E-state index >= 15 is 0 Å². The van der Waals surface area contributed by atoms with Crippen LogP contribution in [0.3, 0.4) is 0 Å². The second-order valence-corrected chi connectivity index (χ2v) is 5.48. The van der Waals surface area contributed by atoms with Crippen molar-refractivity contribution in [3.8, 4) is 0 Å². The van der Waals surface area contributed by atoms with Gasteiger partial charge in [-0.05, 0) is 6.42 Å². The minimum Gasteiger partial charge on any atom is -0.480 e. The highest BCUT2D eigenvalue weighted by Crippen LogP contribution is 1.94. The Morgan fingerprint density at radius 2 is 1.94 bits per heavy atom. The molecule has 1 unspecified atom stereocenters. The van der Waals surface area contributed by atoms with E-state index in [1.807, 2.05) is 0 Å². The van der Waals surface area contributed by atoms with E-state index in [0.29, 0.717) is 0 Å². The molecule has 94 valence electrons. The molecular weight excluding hydrogens is 236 g/mol. The van der Waals surface area contributed by atoms with E-state index in [9.17, 15) is 18.0 Å². The van der Waals surface area contributed by atoms with Crippen LogP contribution >= 0.6 is 0 Å². The van der Waals surface area contributed by atoms with E-state index in [-0.39, 0.29) is 13.0 Å². The predicted octanol–water partition coefficient (Wildman–Crippen LogP) is -1.14. The number of likely N-dealkylation sites (N-methyl/N-ethyl adjacent to an activating group) is 1. The van der Waals surface area contributed by atoms with Gasteiger partial charge in [0.25, 0.3) is 0 Å². The van der Waals surface area contributed by atoms with Gasteiger partial charge in [0.2, 0.25) is 15.9 Å². The molecule has 0 aromatic heterocycles. The number of carbonyl (C=O) groups excluding carboxylic acids is 1. The van der Waals surface area contributed by atoms with Crippen molar-refractivity contribution in [3.63, 3.8) is 0 Å². The van der Waals surface area contributed by atoms with Crippen molar-refractivity contribution in [2.24, 2.45) is 0 Å². The maximum Gasteiger partial charge on any atom is 0.326 e. The fourth-order valence-electron chi connectivity index (χ4n) is 0.898. The van der Waals surface area contributed by atoms with Crippen molar-refractivity contribution < 1.29 is 23.1 Å². The van der Waals surface area contributed by atoms with Gasteiger partial charge in [0.1, 0.15) is 6.04 Å². The van der Waals surface area contributed by atoms with Gasteiger partial charge in [-0.15, -0.1) is 0 Å². The van der Waals surface area contributed by atoms with Gasteiger partial charge < -0.3 is 10.4 Å². The molecule has 0 aliphatic rings. The lowest BCUT2D eigenvalue weighted by atomic mass is 10.2. The van der Waals surface area contributed by atoms with Crippen LogP contribution in [0.5, 0.6) is 0 Å². The molecular formula is C8H16N2O5S. The first-order valence-electron chi connectivity index (χ1n) is 4.62. The number of hydrogen-bond acceptors (Lipinski definition) is 4. The fourth-order valence-corrected chi connectivity index (χ4v) is 1.25. The van der Waals surface area contributed by atoms with Crippen molar-refractivity contribution in [2.75, 3.05) is 19.8 Å². The highest BCUT2D eigenvalue weighted by Gasteiger charge is 2.20. The zero-order chi connectivity index (χ0) is 12.9. The molecule has 0 aromatic rings. The standard InChI is InChI=1S/C8H16N2O5S/c1-4-6(8(12)13)9-7(11)5-10(2)16(3,14)15/h6H,4-5H2,1-3H3,(H,9,11)(H,12,13). The topological polar surface area (TPSA) is 104 Å². The zero-order valence-electron chi connectivity index (χ0n) is 9.43. The van der Waals surface area contributed by atoms with Crippen LogP contribution in [0.2, 0.25) is 0 Å². The van der Waals surface area contributed by atoms with Crippen LogP contribution in [0.15, 0.2) is 0 Å². The molecule has 16 heavy (non-hydrogen) atoms. The quantitative estimate of drug-likeness (QED) is 0.621. The summed E-state index contributed by atoms with van der Waals surface area (Å²) in [6.45, 7) is 1.22. The molecule has 0 spiro atoms. The molecule has 0 heterocycles. The van der Waals surface area contributed by atoms with Gasteiger partial charge in [-0.3, -0.25) is 4.79 Å². The number of amides is 1. The first-order chi connectivity index (χ1) is 7.18. The number of hydrogen-bond donors (Lipinski definition) is 2. The molecule has 1 amide bonds. The summed E-state index contributed by atoms with van der Waals surface area (Å²) in [5.74, 6) is -1.78. The summed E-state index contributed by atoms with van der Waals surface area (Å²) in [5, 5.41) is 10.9. The summed E-state index contributed by atoms with van der Waals surface area (Å²) >= 11 is 0. The largest absolute Gasteiger partial charge is 0.480 e. The normalized spacial score (nSPS) is 13.5. The van der Waals surface area contributed by atoms with Crippen LogP contribution in [0.4, 0.5) is 0 Å².